The first-order chi connectivity index (χ1) is 13.2. The lowest BCUT2D eigenvalue weighted by Gasteiger charge is -2.39. The van der Waals surface area contributed by atoms with Gasteiger partial charge in [0.2, 0.25) is 0 Å². The topological polar surface area (TPSA) is 87.7 Å². The Morgan fingerprint density at radius 2 is 1.96 bits per heavy atom. The van der Waals surface area contributed by atoms with Crippen molar-refractivity contribution >= 4 is 18.0 Å². The lowest BCUT2D eigenvalue weighted by Crippen LogP contribution is -2.57. The fourth-order valence-corrected chi connectivity index (χ4v) is 4.04. The SMILES string of the molecule is CC(C)(C)OC(=O)NC[C@@H]1CCCC[C@@]12NC(=O)N(Cc1ccccc1)C2=O. The van der Waals surface area contributed by atoms with Crippen LogP contribution >= 0.6 is 0 Å². The molecule has 1 aliphatic heterocycles. The highest BCUT2D eigenvalue weighted by atomic mass is 16.6. The largest absolute Gasteiger partial charge is 0.444 e. The predicted molar refractivity (Wildman–Crippen MR) is 104 cm³/mol. The van der Waals surface area contributed by atoms with Crippen molar-refractivity contribution in [1.82, 2.24) is 15.5 Å². The van der Waals surface area contributed by atoms with Gasteiger partial charge in [-0.2, -0.15) is 0 Å². The number of nitrogens with zero attached hydrogens (tertiary/aromatic N) is 1. The summed E-state index contributed by atoms with van der Waals surface area (Å²) in [5, 5.41) is 5.73. The maximum Gasteiger partial charge on any atom is 0.407 e. The van der Waals surface area contributed by atoms with Gasteiger partial charge in [-0.05, 0) is 39.2 Å². The molecule has 28 heavy (non-hydrogen) atoms. The van der Waals surface area contributed by atoms with Gasteiger partial charge in [0.05, 0.1) is 6.54 Å². The number of nitrogens with one attached hydrogen (secondary N) is 2. The van der Waals surface area contributed by atoms with Gasteiger partial charge in [0.15, 0.2) is 0 Å². The Labute approximate surface area is 165 Å². The molecule has 0 unspecified atom stereocenters. The normalized spacial score (nSPS) is 25.0. The van der Waals surface area contributed by atoms with Crippen LogP contribution in [0.5, 0.6) is 0 Å². The minimum atomic E-state index is -0.945. The molecule has 0 aromatic heterocycles. The summed E-state index contributed by atoms with van der Waals surface area (Å²) in [4.78, 5) is 39.2. The first-order valence-electron chi connectivity index (χ1n) is 9.86. The van der Waals surface area contributed by atoms with E-state index >= 15 is 0 Å². The van der Waals surface area contributed by atoms with Gasteiger partial charge in [-0.1, -0.05) is 43.2 Å². The number of benzene rings is 1. The van der Waals surface area contributed by atoms with Crippen LogP contribution in [0.4, 0.5) is 9.59 Å². The number of hydrogen-bond donors (Lipinski definition) is 2. The summed E-state index contributed by atoms with van der Waals surface area (Å²) < 4.78 is 5.30. The van der Waals surface area contributed by atoms with E-state index in [2.05, 4.69) is 10.6 Å². The van der Waals surface area contributed by atoms with E-state index in [9.17, 15) is 14.4 Å². The van der Waals surface area contributed by atoms with Crippen molar-refractivity contribution in [3.63, 3.8) is 0 Å². The highest BCUT2D eigenvalue weighted by Gasteiger charge is 2.56. The van der Waals surface area contributed by atoms with Crippen LogP contribution in [-0.4, -0.2) is 40.6 Å². The standard InChI is InChI=1S/C21H29N3O4/c1-20(2,3)28-19(27)22-13-16-11-7-8-12-21(16)17(25)24(18(26)23-21)14-15-9-5-4-6-10-15/h4-6,9-10,16H,7-8,11-14H2,1-3H3,(H,22,27)(H,23,26)/t16-,21+/m0/s1. The van der Waals surface area contributed by atoms with Crippen molar-refractivity contribution in [2.45, 2.75) is 64.1 Å². The second-order valence-corrected chi connectivity index (χ2v) is 8.60. The van der Waals surface area contributed by atoms with Crippen molar-refractivity contribution in [2.24, 2.45) is 5.92 Å². The van der Waals surface area contributed by atoms with E-state index in [-0.39, 0.29) is 24.4 Å². The molecule has 7 heteroatoms. The zero-order chi connectivity index (χ0) is 20.4. The van der Waals surface area contributed by atoms with Gasteiger partial charge < -0.3 is 15.4 Å². The van der Waals surface area contributed by atoms with Gasteiger partial charge >= 0.3 is 12.1 Å². The highest BCUT2D eigenvalue weighted by molar-refractivity contribution is 6.07. The molecule has 1 spiro atoms. The highest BCUT2D eigenvalue weighted by Crippen LogP contribution is 2.38. The third-order valence-corrected chi connectivity index (χ3v) is 5.35. The van der Waals surface area contributed by atoms with Crippen molar-refractivity contribution in [3.8, 4) is 0 Å². The molecule has 4 amide bonds. The van der Waals surface area contributed by atoms with Crippen molar-refractivity contribution in [2.75, 3.05) is 6.54 Å². The number of amides is 4. The average molecular weight is 387 g/mol. The van der Waals surface area contributed by atoms with Gasteiger partial charge in [-0.25, -0.2) is 9.59 Å². The number of alkyl carbamates (subject to hydrolysis) is 1. The average Bonchev–Trinajstić information content (AvgIpc) is 2.85. The molecule has 2 N–H and O–H groups in total. The van der Waals surface area contributed by atoms with Crippen LogP contribution in [-0.2, 0) is 16.1 Å². The third-order valence-electron chi connectivity index (χ3n) is 5.35. The molecule has 2 fully saturated rings. The van der Waals surface area contributed by atoms with E-state index in [4.69, 9.17) is 4.74 Å². The first kappa shape index (κ1) is 20.2. The van der Waals surface area contributed by atoms with Crippen LogP contribution in [0.3, 0.4) is 0 Å². The van der Waals surface area contributed by atoms with E-state index in [0.717, 1.165) is 24.8 Å². The van der Waals surface area contributed by atoms with E-state index in [1.165, 1.54) is 4.90 Å². The molecule has 7 nitrogen and oxygen atoms in total. The van der Waals surface area contributed by atoms with E-state index in [1.54, 1.807) is 20.8 Å². The van der Waals surface area contributed by atoms with Crippen LogP contribution in [0.25, 0.3) is 0 Å². The molecule has 1 saturated heterocycles. The third kappa shape index (κ3) is 4.29. The first-order valence-corrected chi connectivity index (χ1v) is 9.86. The second-order valence-electron chi connectivity index (χ2n) is 8.60. The summed E-state index contributed by atoms with van der Waals surface area (Å²) in [6.07, 6.45) is 2.68. The molecule has 1 aromatic carbocycles. The Kier molecular flexibility index (Phi) is 5.63. The van der Waals surface area contributed by atoms with E-state index < -0.39 is 17.2 Å². The van der Waals surface area contributed by atoms with Crippen molar-refractivity contribution < 1.29 is 19.1 Å². The quantitative estimate of drug-likeness (QED) is 0.777. The Hall–Kier alpha value is -2.57. The smallest absolute Gasteiger partial charge is 0.407 e. The molecule has 1 saturated carbocycles. The van der Waals surface area contributed by atoms with Crippen LogP contribution < -0.4 is 10.6 Å². The summed E-state index contributed by atoms with van der Waals surface area (Å²) in [6.45, 7) is 5.95. The number of ether oxygens (including phenoxy) is 1. The predicted octanol–water partition coefficient (Wildman–Crippen LogP) is 3.19. The molecule has 152 valence electrons. The van der Waals surface area contributed by atoms with Gasteiger partial charge in [0.25, 0.3) is 5.91 Å². The van der Waals surface area contributed by atoms with Crippen molar-refractivity contribution in [3.05, 3.63) is 35.9 Å². The Bertz CT molecular complexity index is 744. The molecular formula is C21H29N3O4. The summed E-state index contributed by atoms with van der Waals surface area (Å²) in [7, 11) is 0. The van der Waals surface area contributed by atoms with E-state index in [0.29, 0.717) is 13.0 Å². The van der Waals surface area contributed by atoms with E-state index in [1.807, 2.05) is 30.3 Å². The molecule has 0 bridgehead atoms. The summed E-state index contributed by atoms with van der Waals surface area (Å²) in [6, 6.07) is 9.10. The molecule has 1 heterocycles. The summed E-state index contributed by atoms with van der Waals surface area (Å²) in [5.74, 6) is -0.358. The number of hydrogen-bond acceptors (Lipinski definition) is 4. The minimum absolute atomic E-state index is 0.161. The van der Waals surface area contributed by atoms with Gasteiger partial charge in [0, 0.05) is 12.5 Å². The molecule has 0 radical (unpaired) electrons. The number of carbonyl (C=O) groups is 3. The molecule has 2 atom stereocenters. The van der Waals surface area contributed by atoms with Crippen LogP contribution in [0.2, 0.25) is 0 Å². The second kappa shape index (κ2) is 7.81. The fraction of sp³-hybridized carbons (Fsp3) is 0.571. The van der Waals surface area contributed by atoms with Crippen LogP contribution in [0, 0.1) is 5.92 Å². The van der Waals surface area contributed by atoms with Gasteiger partial charge in [-0.15, -0.1) is 0 Å². The van der Waals surface area contributed by atoms with Crippen LogP contribution in [0.1, 0.15) is 52.0 Å². The monoisotopic (exact) mass is 387 g/mol. The Balaban J connectivity index is 1.71. The minimum Gasteiger partial charge on any atom is -0.444 e. The lowest BCUT2D eigenvalue weighted by molar-refractivity contribution is -0.134. The zero-order valence-electron chi connectivity index (χ0n) is 16.8. The van der Waals surface area contributed by atoms with Crippen molar-refractivity contribution in [1.29, 1.82) is 0 Å². The van der Waals surface area contributed by atoms with Gasteiger partial charge in [-0.3, -0.25) is 9.69 Å². The fourth-order valence-electron chi connectivity index (χ4n) is 4.04. The summed E-state index contributed by atoms with van der Waals surface area (Å²) in [5.41, 5.74) is -0.626. The zero-order valence-corrected chi connectivity index (χ0v) is 16.8. The van der Waals surface area contributed by atoms with Crippen LogP contribution in [0.15, 0.2) is 30.3 Å². The maximum atomic E-state index is 13.3. The summed E-state index contributed by atoms with van der Waals surface area (Å²) >= 11 is 0. The lowest BCUT2D eigenvalue weighted by atomic mass is 9.72. The number of rotatable bonds is 4. The van der Waals surface area contributed by atoms with Gasteiger partial charge in [0.1, 0.15) is 11.1 Å². The Morgan fingerprint density at radius 1 is 1.25 bits per heavy atom. The number of carbonyl (C=O) groups excluding carboxylic acids is 3. The Morgan fingerprint density at radius 3 is 2.64 bits per heavy atom. The number of urea groups is 1. The molecule has 3 rings (SSSR count). The molecule has 1 aromatic rings. The molecular weight excluding hydrogens is 358 g/mol. The number of imide groups is 1. The molecule has 1 aliphatic carbocycles. The molecule has 2 aliphatic rings. The maximum absolute atomic E-state index is 13.3.